The van der Waals surface area contributed by atoms with Crippen molar-refractivity contribution in [3.63, 3.8) is 0 Å². The number of alkyl halides is 3. The maximum absolute atomic E-state index is 13.9. The van der Waals surface area contributed by atoms with Crippen molar-refractivity contribution in [1.29, 1.82) is 0 Å². The first kappa shape index (κ1) is 42.5. The van der Waals surface area contributed by atoms with E-state index in [0.29, 0.717) is 66.7 Å². The number of hydrogen-bond acceptors (Lipinski definition) is 9. The minimum Gasteiger partial charge on any atom is -0.493 e. The van der Waals surface area contributed by atoms with Crippen LogP contribution in [0.1, 0.15) is 76.3 Å². The topological polar surface area (TPSA) is 152 Å². The first-order valence-corrected chi connectivity index (χ1v) is 20.9. The van der Waals surface area contributed by atoms with E-state index in [1.165, 1.54) is 11.0 Å². The first-order chi connectivity index (χ1) is 28.1. The molecule has 3 amide bonds. The highest BCUT2D eigenvalue weighted by Gasteiger charge is 2.59. The molecule has 3 heterocycles. The summed E-state index contributed by atoms with van der Waals surface area (Å²) in [5.74, 6) is 0.331. The van der Waals surface area contributed by atoms with Crippen molar-refractivity contribution in [2.75, 3.05) is 45.9 Å². The van der Waals surface area contributed by atoms with Gasteiger partial charge in [0.15, 0.2) is 5.11 Å². The number of aryl methyl sites for hydroxylation is 1. The van der Waals surface area contributed by atoms with E-state index in [0.717, 1.165) is 62.2 Å². The van der Waals surface area contributed by atoms with Crippen molar-refractivity contribution >= 4 is 75.1 Å². The highest BCUT2D eigenvalue weighted by molar-refractivity contribution is 7.81. The number of nitrogens with two attached hydrogens (primary N) is 1. The number of rotatable bonds is 12. The number of hydrogen-bond donors (Lipinski definition) is 5. The number of nitrogens with one attached hydrogen (secondary N) is 3. The molecule has 12 nitrogen and oxygen atoms in total. The van der Waals surface area contributed by atoms with Gasteiger partial charge >= 0.3 is 6.18 Å². The number of nitrogens with zero attached hydrogens (tertiary/aromatic N) is 3. The van der Waals surface area contributed by atoms with E-state index in [4.69, 9.17) is 34.3 Å². The Balaban J connectivity index is 0.921. The second kappa shape index (κ2) is 17.1. The van der Waals surface area contributed by atoms with E-state index in [1.54, 1.807) is 23.1 Å². The average Bonchev–Trinajstić information content (AvgIpc) is 3.41. The van der Waals surface area contributed by atoms with Crippen molar-refractivity contribution in [3.05, 3.63) is 70.7 Å². The number of carbonyl (C=O) groups excluding carboxylic acids is 3. The van der Waals surface area contributed by atoms with Crippen molar-refractivity contribution < 1.29 is 37.4 Å². The fraction of sp³-hybridized carbons (Fsp3) is 0.476. The molecule has 6 N–H and O–H groups in total. The molecule has 1 saturated carbocycles. The Morgan fingerprint density at radius 3 is 2.42 bits per heavy atom. The molecule has 0 bridgehead atoms. The third kappa shape index (κ3) is 8.82. The van der Waals surface area contributed by atoms with E-state index in [9.17, 15) is 32.7 Å². The summed E-state index contributed by atoms with van der Waals surface area (Å²) in [7, 11) is 0. The highest BCUT2D eigenvalue weighted by Crippen LogP contribution is 2.49. The van der Waals surface area contributed by atoms with E-state index < -0.39 is 35.2 Å². The van der Waals surface area contributed by atoms with Gasteiger partial charge in [0.2, 0.25) is 11.8 Å². The van der Waals surface area contributed by atoms with E-state index in [1.807, 2.05) is 32.0 Å². The van der Waals surface area contributed by atoms with Gasteiger partial charge in [-0.1, -0.05) is 18.5 Å². The molecule has 3 atom stereocenters. The lowest BCUT2D eigenvalue weighted by molar-refractivity contribution is -0.137. The van der Waals surface area contributed by atoms with Gasteiger partial charge in [-0.2, -0.15) is 13.2 Å². The lowest BCUT2D eigenvalue weighted by Crippen LogP contribution is -2.55. The molecule has 7 rings (SSSR count). The van der Waals surface area contributed by atoms with Crippen LogP contribution in [0.3, 0.4) is 0 Å². The number of amides is 3. The number of benzene rings is 3. The molecule has 4 fully saturated rings. The Kier molecular flexibility index (Phi) is 12.3. The zero-order valence-corrected chi connectivity index (χ0v) is 34.5. The molecule has 17 heteroatoms. The number of nitrogen functional groups attached to an aromatic ring is 1. The van der Waals surface area contributed by atoms with Gasteiger partial charge in [-0.25, -0.2) is 0 Å². The van der Waals surface area contributed by atoms with Gasteiger partial charge in [0.1, 0.15) is 23.6 Å². The molecule has 3 aromatic rings. The van der Waals surface area contributed by atoms with E-state index >= 15 is 0 Å². The maximum atomic E-state index is 13.9. The molecule has 4 aliphatic rings. The Morgan fingerprint density at radius 1 is 1.05 bits per heavy atom. The number of carbonyl (C=O) groups is 3. The monoisotopic (exact) mass is 855 g/mol. The Bertz CT molecular complexity index is 2110. The standard InChI is InChI=1S/C42H49ClF3N7O5S/c1-3-26-19-31(53-40(59)52(39(57)41(53)14-4-15-41)30-5-7-33(47)32(23-30)42(44,45)46)6-9-35(26)58-18-13-25-11-16-51(17-12-25)24(2)37(55)49-29-21-27(43)20-28(22-29)48-34-8-10-36(54)50-38(34)56/h5-7,9,19-25,34,36,48,54H,3-4,8,10-18,47H2,1-2H3,(H,49,55)(H,50,56)/t24-,34?,36?/m1/s1. The Labute approximate surface area is 351 Å². The Morgan fingerprint density at radius 2 is 1.76 bits per heavy atom. The molecule has 3 aromatic carbocycles. The van der Waals surface area contributed by atoms with Gasteiger partial charge in [0.25, 0.3) is 5.91 Å². The van der Waals surface area contributed by atoms with Crippen LogP contribution in [0.5, 0.6) is 5.75 Å². The quantitative estimate of drug-likeness (QED) is 0.0945. The van der Waals surface area contributed by atoms with Crippen LogP contribution in [0, 0.1) is 5.92 Å². The summed E-state index contributed by atoms with van der Waals surface area (Å²) >= 11 is 12.2. The highest BCUT2D eigenvalue weighted by atomic mass is 35.5. The minimum absolute atomic E-state index is 0.0331. The van der Waals surface area contributed by atoms with Gasteiger partial charge in [-0.15, -0.1) is 0 Å². The molecular formula is C42H49ClF3N7O5S. The van der Waals surface area contributed by atoms with Crippen LogP contribution in [0.2, 0.25) is 5.02 Å². The molecule has 1 spiro atoms. The number of aliphatic hydroxyl groups is 1. The average molecular weight is 856 g/mol. The zero-order valence-electron chi connectivity index (χ0n) is 32.9. The molecule has 59 heavy (non-hydrogen) atoms. The summed E-state index contributed by atoms with van der Waals surface area (Å²) in [6.45, 7) is 5.89. The predicted octanol–water partition coefficient (Wildman–Crippen LogP) is 7.08. The summed E-state index contributed by atoms with van der Waals surface area (Å²) in [5.41, 5.74) is 6.00. The van der Waals surface area contributed by atoms with E-state index in [-0.39, 0.29) is 34.6 Å². The second-order valence-corrected chi connectivity index (χ2v) is 16.7. The lowest BCUT2D eigenvalue weighted by atomic mass is 9.75. The minimum atomic E-state index is -4.69. The van der Waals surface area contributed by atoms with Gasteiger partial charge in [-0.3, -0.25) is 24.2 Å². The van der Waals surface area contributed by atoms with Gasteiger partial charge in [0, 0.05) is 27.8 Å². The summed E-state index contributed by atoms with van der Waals surface area (Å²) in [4.78, 5) is 44.7. The molecule has 3 saturated heterocycles. The number of thiocarbonyl (C=S) groups is 1. The van der Waals surface area contributed by atoms with Crippen LogP contribution < -0.4 is 36.2 Å². The smallest absolute Gasteiger partial charge is 0.418 e. The molecule has 0 radical (unpaired) electrons. The van der Waals surface area contributed by atoms with Crippen LogP contribution >= 0.6 is 23.8 Å². The van der Waals surface area contributed by atoms with Crippen LogP contribution in [0.25, 0.3) is 0 Å². The Hall–Kier alpha value is -4.64. The third-order valence-corrected chi connectivity index (χ3v) is 12.7. The molecule has 3 aliphatic heterocycles. The van der Waals surface area contributed by atoms with E-state index in [2.05, 4.69) is 20.9 Å². The summed E-state index contributed by atoms with van der Waals surface area (Å²) in [6.07, 6.45) is 0.495. The summed E-state index contributed by atoms with van der Waals surface area (Å²) < 4.78 is 47.5. The number of halogens is 4. The fourth-order valence-corrected chi connectivity index (χ4v) is 9.22. The van der Waals surface area contributed by atoms with Gasteiger partial charge in [0.05, 0.1) is 23.9 Å². The van der Waals surface area contributed by atoms with Crippen molar-refractivity contribution in [3.8, 4) is 5.75 Å². The fourth-order valence-electron chi connectivity index (χ4n) is 8.51. The zero-order chi connectivity index (χ0) is 42.2. The number of anilines is 5. The predicted molar refractivity (Wildman–Crippen MR) is 226 cm³/mol. The molecule has 1 aliphatic carbocycles. The SMILES string of the molecule is CCc1cc(N2C(=S)N(c3ccc(N)c(C(F)(F)F)c3)C(=O)C23CCC3)ccc1OCCC1CCN([C@H](C)C(=O)Nc2cc(Cl)cc(NC3CCC(O)NC3=O)c2)CC1. The van der Waals surface area contributed by atoms with Crippen molar-refractivity contribution in [1.82, 2.24) is 10.2 Å². The van der Waals surface area contributed by atoms with Crippen LogP contribution in [-0.2, 0) is 27.0 Å². The van der Waals surface area contributed by atoms with Gasteiger partial charge in [-0.05, 0) is 156 Å². The molecule has 0 aromatic heterocycles. The second-order valence-electron chi connectivity index (χ2n) is 15.9. The molecule has 2 unspecified atom stereocenters. The first-order valence-electron chi connectivity index (χ1n) is 20.1. The number of aliphatic hydroxyl groups excluding tert-OH is 1. The number of piperidine rings is 2. The molecular weight excluding hydrogens is 807 g/mol. The van der Waals surface area contributed by atoms with Crippen molar-refractivity contribution in [2.45, 2.75) is 102 Å². The third-order valence-electron chi connectivity index (χ3n) is 12.1. The maximum Gasteiger partial charge on any atom is 0.418 e. The molecule has 316 valence electrons. The normalized spacial score (nSPS) is 21.6. The summed E-state index contributed by atoms with van der Waals surface area (Å²) in [5, 5.41) is 18.8. The largest absolute Gasteiger partial charge is 0.493 e. The summed E-state index contributed by atoms with van der Waals surface area (Å²) in [6, 6.07) is 13.3. The van der Waals surface area contributed by atoms with Crippen LogP contribution in [0.15, 0.2) is 54.6 Å². The van der Waals surface area contributed by atoms with Crippen molar-refractivity contribution in [2.24, 2.45) is 5.92 Å². The van der Waals surface area contributed by atoms with Crippen LogP contribution in [-0.4, -0.2) is 76.4 Å². The van der Waals surface area contributed by atoms with Gasteiger partial charge < -0.3 is 36.4 Å². The van der Waals surface area contributed by atoms with Crippen LogP contribution in [0.4, 0.5) is 41.6 Å². The number of ether oxygens (including phenoxy) is 1. The number of likely N-dealkylation sites (tertiary alicyclic amines) is 1. The lowest BCUT2D eigenvalue weighted by Gasteiger charge is -2.43.